The molecule has 0 saturated heterocycles. The number of hydrogen-bond donors (Lipinski definition) is 4. The number of nitrogens with one attached hydrogen (secondary N) is 3. The molecule has 3 rings (SSSR count). The second-order valence-corrected chi connectivity index (χ2v) is 6.62. The standard InChI is InChI=1S/C19H17N5OS2/c20-18(26)24-21-11-16-15(17(25)23-19(27)22-16)10-12-6-8-14(9-7-12)13-4-2-1-3-5-13/h1-9,11H,10H2,(H3,20,24,26)(H2,22,23,25,27). The number of hydrazone groups is 1. The van der Waals surface area contributed by atoms with Crippen LogP contribution >= 0.6 is 24.4 Å². The smallest absolute Gasteiger partial charge is 0.255 e. The predicted molar refractivity (Wildman–Crippen MR) is 114 cm³/mol. The van der Waals surface area contributed by atoms with Gasteiger partial charge in [0.2, 0.25) is 0 Å². The van der Waals surface area contributed by atoms with E-state index in [-0.39, 0.29) is 15.4 Å². The molecule has 0 radical (unpaired) electrons. The van der Waals surface area contributed by atoms with Gasteiger partial charge in [0.1, 0.15) is 0 Å². The molecule has 3 aromatic rings. The number of nitrogens with zero attached hydrogens (tertiary/aromatic N) is 1. The topological polar surface area (TPSA) is 99.1 Å². The normalized spacial score (nSPS) is 10.8. The molecule has 0 bridgehead atoms. The Kier molecular flexibility index (Phi) is 5.90. The molecule has 0 aliphatic rings. The summed E-state index contributed by atoms with van der Waals surface area (Å²) in [6.07, 6.45) is 1.86. The van der Waals surface area contributed by atoms with Crippen molar-refractivity contribution in [2.24, 2.45) is 10.8 Å². The van der Waals surface area contributed by atoms with Crippen LogP contribution in [0.2, 0.25) is 0 Å². The maximum Gasteiger partial charge on any atom is 0.255 e. The lowest BCUT2D eigenvalue weighted by molar-refractivity contribution is 0.987. The number of aromatic nitrogens is 2. The third-order valence-electron chi connectivity index (χ3n) is 3.88. The van der Waals surface area contributed by atoms with Crippen molar-refractivity contribution in [1.29, 1.82) is 0 Å². The number of H-pyrrole nitrogens is 2. The molecule has 0 saturated carbocycles. The molecule has 2 aromatic carbocycles. The van der Waals surface area contributed by atoms with E-state index in [1.165, 1.54) is 6.21 Å². The summed E-state index contributed by atoms with van der Waals surface area (Å²) in [5.74, 6) is 0. The van der Waals surface area contributed by atoms with Gasteiger partial charge in [0.15, 0.2) is 9.88 Å². The highest BCUT2D eigenvalue weighted by atomic mass is 32.1. The van der Waals surface area contributed by atoms with Crippen LogP contribution < -0.4 is 16.7 Å². The highest BCUT2D eigenvalue weighted by Crippen LogP contribution is 2.20. The lowest BCUT2D eigenvalue weighted by Gasteiger charge is -2.07. The minimum absolute atomic E-state index is 0.0349. The van der Waals surface area contributed by atoms with Crippen LogP contribution in [-0.4, -0.2) is 21.3 Å². The Bertz CT molecular complexity index is 1090. The lowest BCUT2D eigenvalue weighted by atomic mass is 10.0. The molecule has 8 heteroatoms. The van der Waals surface area contributed by atoms with Gasteiger partial charge >= 0.3 is 0 Å². The maximum absolute atomic E-state index is 12.4. The van der Waals surface area contributed by atoms with Crippen LogP contribution in [0.5, 0.6) is 0 Å². The fourth-order valence-corrected chi connectivity index (χ4v) is 2.88. The van der Waals surface area contributed by atoms with Gasteiger partial charge in [-0.1, -0.05) is 54.6 Å². The van der Waals surface area contributed by atoms with Gasteiger partial charge in [0, 0.05) is 12.0 Å². The van der Waals surface area contributed by atoms with Gasteiger partial charge in [-0.3, -0.25) is 15.2 Å². The first-order valence-electron chi connectivity index (χ1n) is 8.11. The summed E-state index contributed by atoms with van der Waals surface area (Å²) in [5, 5.41) is 3.94. The molecule has 0 fully saturated rings. The second-order valence-electron chi connectivity index (χ2n) is 5.77. The molecule has 5 N–H and O–H groups in total. The van der Waals surface area contributed by atoms with Gasteiger partial charge in [-0.25, -0.2) is 0 Å². The van der Waals surface area contributed by atoms with Crippen molar-refractivity contribution in [1.82, 2.24) is 15.4 Å². The number of nitrogens with two attached hydrogens (primary N) is 1. The van der Waals surface area contributed by atoms with Crippen molar-refractivity contribution < 1.29 is 0 Å². The first-order chi connectivity index (χ1) is 13.0. The first kappa shape index (κ1) is 18.7. The van der Waals surface area contributed by atoms with Gasteiger partial charge < -0.3 is 10.7 Å². The lowest BCUT2D eigenvalue weighted by Crippen LogP contribution is -2.24. The van der Waals surface area contributed by atoms with Gasteiger partial charge in [-0.05, 0) is 41.1 Å². The summed E-state index contributed by atoms with van der Waals surface area (Å²) in [6.45, 7) is 0. The molecule has 0 amide bonds. The van der Waals surface area contributed by atoms with Gasteiger partial charge in [0.05, 0.1) is 11.9 Å². The molecule has 0 aliphatic carbocycles. The minimum Gasteiger partial charge on any atom is -0.375 e. The summed E-state index contributed by atoms with van der Waals surface area (Å²) in [7, 11) is 0. The quantitative estimate of drug-likeness (QED) is 0.302. The SMILES string of the molecule is NC(=S)NN=Cc1[nH]c(=S)[nH]c(=O)c1Cc1ccc(-c2ccccc2)cc1. The van der Waals surface area contributed by atoms with Crippen LogP contribution in [-0.2, 0) is 6.42 Å². The Morgan fingerprint density at radius 1 is 1.07 bits per heavy atom. The Morgan fingerprint density at radius 3 is 2.41 bits per heavy atom. The fraction of sp³-hybridized carbons (Fsp3) is 0.0526. The summed E-state index contributed by atoms with van der Waals surface area (Å²) >= 11 is 9.75. The van der Waals surface area contributed by atoms with E-state index < -0.39 is 0 Å². The van der Waals surface area contributed by atoms with Crippen molar-refractivity contribution >= 4 is 35.8 Å². The zero-order valence-corrected chi connectivity index (χ0v) is 15.9. The number of aromatic amines is 2. The highest BCUT2D eigenvalue weighted by molar-refractivity contribution is 7.80. The predicted octanol–water partition coefficient (Wildman–Crippen LogP) is 2.86. The average molecular weight is 396 g/mol. The van der Waals surface area contributed by atoms with Crippen LogP contribution in [0.25, 0.3) is 11.1 Å². The third kappa shape index (κ3) is 4.96. The molecule has 1 aromatic heterocycles. The van der Waals surface area contributed by atoms with Crippen LogP contribution in [0.4, 0.5) is 0 Å². The number of benzene rings is 2. The summed E-state index contributed by atoms with van der Waals surface area (Å²) < 4.78 is 0.222. The summed E-state index contributed by atoms with van der Waals surface area (Å²) in [5.41, 5.74) is 11.8. The molecule has 1 heterocycles. The van der Waals surface area contributed by atoms with Gasteiger partial charge in [0.25, 0.3) is 5.56 Å². The van der Waals surface area contributed by atoms with E-state index in [1.807, 2.05) is 42.5 Å². The van der Waals surface area contributed by atoms with E-state index in [0.717, 1.165) is 16.7 Å². The summed E-state index contributed by atoms with van der Waals surface area (Å²) in [4.78, 5) is 17.9. The Morgan fingerprint density at radius 2 is 1.74 bits per heavy atom. The van der Waals surface area contributed by atoms with E-state index >= 15 is 0 Å². The molecule has 0 spiro atoms. The number of rotatable bonds is 5. The minimum atomic E-state index is -0.261. The molecular formula is C19H17N5OS2. The first-order valence-corrected chi connectivity index (χ1v) is 8.93. The van der Waals surface area contributed by atoms with Crippen LogP contribution in [0.15, 0.2) is 64.5 Å². The number of hydrogen-bond acceptors (Lipinski definition) is 4. The van der Waals surface area contributed by atoms with Crippen LogP contribution in [0, 0.1) is 4.77 Å². The molecule has 27 heavy (non-hydrogen) atoms. The van der Waals surface area contributed by atoms with E-state index in [2.05, 4.69) is 32.6 Å². The van der Waals surface area contributed by atoms with Crippen molar-refractivity contribution in [3.05, 3.63) is 86.5 Å². The number of thiocarbonyl (C=S) groups is 1. The zero-order valence-electron chi connectivity index (χ0n) is 14.2. The fourth-order valence-electron chi connectivity index (χ4n) is 2.63. The molecule has 136 valence electrons. The van der Waals surface area contributed by atoms with Crippen LogP contribution in [0.3, 0.4) is 0 Å². The van der Waals surface area contributed by atoms with Crippen LogP contribution in [0.1, 0.15) is 16.8 Å². The Labute approximate surface area is 166 Å². The van der Waals surface area contributed by atoms with E-state index in [4.69, 9.17) is 30.2 Å². The Hall–Kier alpha value is -3.10. The highest BCUT2D eigenvalue weighted by Gasteiger charge is 2.09. The average Bonchev–Trinajstić information content (AvgIpc) is 2.65. The van der Waals surface area contributed by atoms with Gasteiger partial charge in [-0.2, -0.15) is 5.10 Å². The molecule has 6 nitrogen and oxygen atoms in total. The monoisotopic (exact) mass is 395 g/mol. The maximum atomic E-state index is 12.4. The van der Waals surface area contributed by atoms with Gasteiger partial charge in [-0.15, -0.1) is 0 Å². The molecule has 0 atom stereocenters. The van der Waals surface area contributed by atoms with Crippen molar-refractivity contribution in [3.8, 4) is 11.1 Å². The second kappa shape index (κ2) is 8.52. The summed E-state index contributed by atoms with van der Waals surface area (Å²) in [6, 6.07) is 18.2. The van der Waals surface area contributed by atoms with Crippen molar-refractivity contribution in [2.75, 3.05) is 0 Å². The molecular weight excluding hydrogens is 378 g/mol. The van der Waals surface area contributed by atoms with E-state index in [0.29, 0.717) is 17.7 Å². The van der Waals surface area contributed by atoms with E-state index in [9.17, 15) is 4.79 Å². The van der Waals surface area contributed by atoms with Crippen molar-refractivity contribution in [3.63, 3.8) is 0 Å². The Balaban J connectivity index is 1.89. The largest absolute Gasteiger partial charge is 0.375 e. The van der Waals surface area contributed by atoms with E-state index in [1.54, 1.807) is 0 Å². The zero-order chi connectivity index (χ0) is 19.2. The van der Waals surface area contributed by atoms with Crippen molar-refractivity contribution in [2.45, 2.75) is 6.42 Å². The molecule has 0 unspecified atom stereocenters. The molecule has 0 aliphatic heterocycles. The third-order valence-corrected chi connectivity index (χ3v) is 4.18.